The zero-order chi connectivity index (χ0) is 13.2. The van der Waals surface area contributed by atoms with Crippen LogP contribution in [-0.2, 0) is 10.3 Å². The first-order chi connectivity index (χ1) is 8.59. The van der Waals surface area contributed by atoms with E-state index in [1.807, 2.05) is 25.1 Å². The third kappa shape index (κ3) is 2.52. The van der Waals surface area contributed by atoms with E-state index >= 15 is 0 Å². The van der Waals surface area contributed by atoms with Gasteiger partial charge < -0.3 is 14.6 Å². The summed E-state index contributed by atoms with van der Waals surface area (Å²) in [6.07, 6.45) is 3.68. The number of hydrogen-bond donors (Lipinski definition) is 1. The minimum absolute atomic E-state index is 0.158. The molecule has 1 aliphatic rings. The summed E-state index contributed by atoms with van der Waals surface area (Å²) in [4.78, 5) is 0. The molecule has 0 aromatic heterocycles. The van der Waals surface area contributed by atoms with Gasteiger partial charge in [0.05, 0.1) is 18.8 Å². The zero-order valence-corrected chi connectivity index (χ0v) is 11.4. The molecule has 0 spiro atoms. The van der Waals surface area contributed by atoms with Crippen LogP contribution >= 0.6 is 0 Å². The number of ether oxygens (including phenoxy) is 2. The van der Waals surface area contributed by atoms with Gasteiger partial charge in [-0.3, -0.25) is 0 Å². The second kappa shape index (κ2) is 5.29. The molecule has 1 saturated carbocycles. The molecule has 0 saturated heterocycles. The number of aryl methyl sites for hydroxylation is 1. The van der Waals surface area contributed by atoms with Crippen LogP contribution in [0.15, 0.2) is 18.2 Å². The van der Waals surface area contributed by atoms with Crippen molar-refractivity contribution < 1.29 is 14.6 Å². The van der Waals surface area contributed by atoms with Crippen LogP contribution in [0.4, 0.5) is 0 Å². The van der Waals surface area contributed by atoms with Crippen molar-refractivity contribution in [3.63, 3.8) is 0 Å². The molecule has 0 radical (unpaired) electrons. The molecule has 2 unspecified atom stereocenters. The third-order valence-electron chi connectivity index (χ3n) is 3.95. The van der Waals surface area contributed by atoms with Gasteiger partial charge in [-0.15, -0.1) is 0 Å². The molecule has 1 aromatic rings. The van der Waals surface area contributed by atoms with E-state index in [2.05, 4.69) is 0 Å². The Kier molecular flexibility index (Phi) is 3.93. The highest BCUT2D eigenvalue weighted by atomic mass is 16.5. The van der Waals surface area contributed by atoms with Gasteiger partial charge in [-0.05, 0) is 49.4 Å². The highest BCUT2D eigenvalue weighted by Crippen LogP contribution is 2.40. The van der Waals surface area contributed by atoms with Crippen molar-refractivity contribution in [2.45, 2.75) is 44.3 Å². The smallest absolute Gasteiger partial charge is 0.119 e. The molecule has 0 heterocycles. The predicted molar refractivity (Wildman–Crippen MR) is 70.9 cm³/mol. The molecule has 18 heavy (non-hydrogen) atoms. The lowest BCUT2D eigenvalue weighted by atomic mass is 9.77. The summed E-state index contributed by atoms with van der Waals surface area (Å²) in [5.41, 5.74) is 1.33. The van der Waals surface area contributed by atoms with E-state index in [-0.39, 0.29) is 6.10 Å². The molecule has 2 atom stereocenters. The summed E-state index contributed by atoms with van der Waals surface area (Å²) in [6.45, 7) is 2.02. The molecule has 3 heteroatoms. The molecule has 2 rings (SSSR count). The minimum atomic E-state index is -0.755. The normalized spacial score (nSPS) is 28.1. The van der Waals surface area contributed by atoms with Crippen LogP contribution in [0.5, 0.6) is 5.75 Å². The van der Waals surface area contributed by atoms with Gasteiger partial charge in [-0.2, -0.15) is 0 Å². The van der Waals surface area contributed by atoms with Crippen molar-refractivity contribution in [2.24, 2.45) is 0 Å². The lowest BCUT2D eigenvalue weighted by Gasteiger charge is -2.37. The number of benzene rings is 1. The Balaban J connectivity index is 2.29. The Hall–Kier alpha value is -1.06. The van der Waals surface area contributed by atoms with Crippen LogP contribution in [0.3, 0.4) is 0 Å². The summed E-state index contributed by atoms with van der Waals surface area (Å²) in [6, 6.07) is 5.87. The van der Waals surface area contributed by atoms with Crippen molar-refractivity contribution in [3.8, 4) is 5.75 Å². The molecule has 100 valence electrons. The minimum Gasteiger partial charge on any atom is -0.497 e. The maximum absolute atomic E-state index is 10.9. The predicted octanol–water partition coefficient (Wildman–Crippen LogP) is 2.78. The highest BCUT2D eigenvalue weighted by Gasteiger charge is 2.36. The summed E-state index contributed by atoms with van der Waals surface area (Å²) in [5.74, 6) is 0.832. The quantitative estimate of drug-likeness (QED) is 0.896. The maximum atomic E-state index is 10.9. The van der Waals surface area contributed by atoms with Gasteiger partial charge in [0, 0.05) is 13.5 Å². The van der Waals surface area contributed by atoms with E-state index in [0.29, 0.717) is 6.42 Å². The molecule has 0 amide bonds. The molecule has 0 aliphatic heterocycles. The largest absolute Gasteiger partial charge is 0.497 e. The Morgan fingerprint density at radius 2 is 2.11 bits per heavy atom. The molecule has 1 fully saturated rings. The summed E-state index contributed by atoms with van der Waals surface area (Å²) >= 11 is 0. The summed E-state index contributed by atoms with van der Waals surface area (Å²) in [7, 11) is 3.38. The fourth-order valence-corrected chi connectivity index (χ4v) is 2.93. The topological polar surface area (TPSA) is 38.7 Å². The van der Waals surface area contributed by atoms with Crippen LogP contribution in [0.25, 0.3) is 0 Å². The average molecular weight is 250 g/mol. The Bertz CT molecular complexity index is 416. The van der Waals surface area contributed by atoms with Gasteiger partial charge in [0.15, 0.2) is 0 Å². The SMILES string of the molecule is COc1ccc(C2(O)CCCC(OC)C2)c(C)c1. The van der Waals surface area contributed by atoms with Gasteiger partial charge >= 0.3 is 0 Å². The first kappa shape index (κ1) is 13.4. The van der Waals surface area contributed by atoms with Crippen molar-refractivity contribution in [1.82, 2.24) is 0 Å². The first-order valence-electron chi connectivity index (χ1n) is 6.49. The van der Waals surface area contributed by atoms with E-state index in [1.54, 1.807) is 14.2 Å². The van der Waals surface area contributed by atoms with Gasteiger partial charge in [-0.25, -0.2) is 0 Å². The van der Waals surface area contributed by atoms with Crippen molar-refractivity contribution in [2.75, 3.05) is 14.2 Å². The average Bonchev–Trinajstić information content (AvgIpc) is 2.38. The van der Waals surface area contributed by atoms with Gasteiger partial charge in [-0.1, -0.05) is 6.07 Å². The second-order valence-corrected chi connectivity index (χ2v) is 5.17. The summed E-state index contributed by atoms with van der Waals surface area (Å²) < 4.78 is 10.6. The van der Waals surface area contributed by atoms with E-state index in [1.165, 1.54) is 0 Å². The van der Waals surface area contributed by atoms with E-state index in [9.17, 15) is 5.11 Å². The zero-order valence-electron chi connectivity index (χ0n) is 11.4. The Morgan fingerprint density at radius 1 is 1.33 bits per heavy atom. The van der Waals surface area contributed by atoms with Crippen LogP contribution in [0, 0.1) is 6.92 Å². The lowest BCUT2D eigenvalue weighted by Crippen LogP contribution is -2.36. The van der Waals surface area contributed by atoms with Gasteiger partial charge in [0.1, 0.15) is 5.75 Å². The maximum Gasteiger partial charge on any atom is 0.119 e. The summed E-state index contributed by atoms with van der Waals surface area (Å²) in [5, 5.41) is 10.9. The van der Waals surface area contributed by atoms with E-state index in [4.69, 9.17) is 9.47 Å². The molecule has 1 aromatic carbocycles. The highest BCUT2D eigenvalue weighted by molar-refractivity contribution is 5.38. The number of methoxy groups -OCH3 is 2. The molecule has 3 nitrogen and oxygen atoms in total. The molecule has 1 aliphatic carbocycles. The van der Waals surface area contributed by atoms with Crippen molar-refractivity contribution >= 4 is 0 Å². The lowest BCUT2D eigenvalue weighted by molar-refractivity contribution is -0.0635. The van der Waals surface area contributed by atoms with Crippen LogP contribution in [-0.4, -0.2) is 25.4 Å². The monoisotopic (exact) mass is 250 g/mol. The van der Waals surface area contributed by atoms with Crippen LogP contribution < -0.4 is 4.74 Å². The van der Waals surface area contributed by atoms with Crippen LogP contribution in [0.1, 0.15) is 36.8 Å². The third-order valence-corrected chi connectivity index (χ3v) is 3.95. The Labute approximate surface area is 109 Å². The Morgan fingerprint density at radius 3 is 2.72 bits per heavy atom. The van der Waals surface area contributed by atoms with Gasteiger partial charge in [0.2, 0.25) is 0 Å². The van der Waals surface area contributed by atoms with Gasteiger partial charge in [0.25, 0.3) is 0 Å². The number of aliphatic hydroxyl groups is 1. The number of rotatable bonds is 3. The second-order valence-electron chi connectivity index (χ2n) is 5.17. The number of hydrogen-bond acceptors (Lipinski definition) is 3. The van der Waals surface area contributed by atoms with E-state index in [0.717, 1.165) is 36.1 Å². The molecular weight excluding hydrogens is 228 g/mol. The van der Waals surface area contributed by atoms with Crippen molar-refractivity contribution in [1.29, 1.82) is 0 Å². The van der Waals surface area contributed by atoms with E-state index < -0.39 is 5.60 Å². The first-order valence-corrected chi connectivity index (χ1v) is 6.49. The van der Waals surface area contributed by atoms with Crippen LogP contribution in [0.2, 0.25) is 0 Å². The molecule has 1 N–H and O–H groups in total. The fourth-order valence-electron chi connectivity index (χ4n) is 2.93. The van der Waals surface area contributed by atoms with Crippen molar-refractivity contribution in [3.05, 3.63) is 29.3 Å². The fraction of sp³-hybridized carbons (Fsp3) is 0.600. The molecular formula is C15H22O3. The molecule has 0 bridgehead atoms. The standard InChI is InChI=1S/C15H22O3/c1-11-9-12(17-2)6-7-14(11)15(16)8-4-5-13(10-15)18-3/h6-7,9,13,16H,4-5,8,10H2,1-3H3.